The normalized spacial score (nSPS) is 10.1. The molecule has 0 aromatic heterocycles. The monoisotopic (exact) mass is 279 g/mol. The number of anilines is 1. The number of hydrogen-bond acceptors (Lipinski definition) is 4. The van der Waals surface area contributed by atoms with Crippen LogP contribution < -0.4 is 21.1 Å². The van der Waals surface area contributed by atoms with Gasteiger partial charge in [-0.1, -0.05) is 19.1 Å². The van der Waals surface area contributed by atoms with Crippen LogP contribution in [0.5, 0.6) is 5.75 Å². The number of amides is 2. The van der Waals surface area contributed by atoms with E-state index in [2.05, 4.69) is 10.6 Å². The van der Waals surface area contributed by atoms with Gasteiger partial charge in [-0.15, -0.1) is 0 Å². The summed E-state index contributed by atoms with van der Waals surface area (Å²) in [6.07, 6.45) is 0.534. The molecule has 20 heavy (non-hydrogen) atoms. The second kappa shape index (κ2) is 8.92. The largest absolute Gasteiger partial charge is 0.491 e. The molecule has 0 aliphatic carbocycles. The van der Waals surface area contributed by atoms with Gasteiger partial charge in [0.2, 0.25) is 11.8 Å². The van der Waals surface area contributed by atoms with Crippen LogP contribution in [-0.4, -0.2) is 31.5 Å². The predicted octanol–water partition coefficient (Wildman–Crippen LogP) is 0.879. The van der Waals surface area contributed by atoms with Crippen LogP contribution in [0.3, 0.4) is 0 Å². The highest BCUT2D eigenvalue weighted by Crippen LogP contribution is 2.23. The van der Waals surface area contributed by atoms with E-state index in [1.165, 1.54) is 0 Å². The van der Waals surface area contributed by atoms with Crippen LogP contribution in [0.25, 0.3) is 0 Å². The number of rotatable bonds is 9. The Kier molecular flexibility index (Phi) is 7.13. The van der Waals surface area contributed by atoms with Crippen LogP contribution in [0.4, 0.5) is 5.69 Å². The van der Waals surface area contributed by atoms with Crippen molar-refractivity contribution in [2.24, 2.45) is 5.73 Å². The molecule has 110 valence electrons. The van der Waals surface area contributed by atoms with E-state index in [1.54, 1.807) is 24.3 Å². The van der Waals surface area contributed by atoms with Gasteiger partial charge in [0.1, 0.15) is 5.75 Å². The molecule has 0 spiro atoms. The van der Waals surface area contributed by atoms with Gasteiger partial charge in [-0.25, -0.2) is 0 Å². The van der Waals surface area contributed by atoms with Gasteiger partial charge >= 0.3 is 0 Å². The second-order valence-electron chi connectivity index (χ2n) is 4.21. The van der Waals surface area contributed by atoms with E-state index in [-0.39, 0.29) is 18.9 Å². The van der Waals surface area contributed by atoms with Gasteiger partial charge in [0.05, 0.1) is 18.7 Å². The van der Waals surface area contributed by atoms with Crippen molar-refractivity contribution in [1.29, 1.82) is 0 Å². The third kappa shape index (κ3) is 6.19. The summed E-state index contributed by atoms with van der Waals surface area (Å²) in [5, 5.41) is 5.87. The number of primary amides is 1. The molecule has 4 N–H and O–H groups in total. The van der Waals surface area contributed by atoms with Crippen molar-refractivity contribution in [3.8, 4) is 5.75 Å². The minimum Gasteiger partial charge on any atom is -0.491 e. The van der Waals surface area contributed by atoms with Crippen LogP contribution in [0, 0.1) is 0 Å². The molecule has 0 bridgehead atoms. The van der Waals surface area contributed by atoms with Crippen LogP contribution >= 0.6 is 0 Å². The molecule has 0 fully saturated rings. The maximum absolute atomic E-state index is 11.7. The summed E-state index contributed by atoms with van der Waals surface area (Å²) >= 11 is 0. The lowest BCUT2D eigenvalue weighted by molar-refractivity contribution is -0.118. The molecular weight excluding hydrogens is 258 g/mol. The molecule has 0 aliphatic rings. The van der Waals surface area contributed by atoms with E-state index in [0.717, 1.165) is 6.54 Å². The second-order valence-corrected chi connectivity index (χ2v) is 4.21. The van der Waals surface area contributed by atoms with Crippen molar-refractivity contribution in [2.75, 3.05) is 25.0 Å². The molecule has 0 saturated carbocycles. The molecule has 0 aliphatic heterocycles. The predicted molar refractivity (Wildman–Crippen MR) is 77.5 cm³/mol. The van der Waals surface area contributed by atoms with E-state index < -0.39 is 5.91 Å². The first kappa shape index (κ1) is 16.0. The molecule has 0 radical (unpaired) electrons. The zero-order chi connectivity index (χ0) is 14.8. The zero-order valence-electron chi connectivity index (χ0n) is 11.6. The highest BCUT2D eigenvalue weighted by atomic mass is 16.5. The van der Waals surface area contributed by atoms with Crippen LogP contribution in [-0.2, 0) is 9.59 Å². The van der Waals surface area contributed by atoms with E-state index in [9.17, 15) is 9.59 Å². The van der Waals surface area contributed by atoms with E-state index in [0.29, 0.717) is 24.4 Å². The Balaban J connectivity index is 2.51. The Morgan fingerprint density at radius 1 is 1.25 bits per heavy atom. The van der Waals surface area contributed by atoms with E-state index in [1.807, 2.05) is 6.92 Å². The van der Waals surface area contributed by atoms with Gasteiger partial charge < -0.3 is 21.1 Å². The van der Waals surface area contributed by atoms with Gasteiger partial charge in [-0.3, -0.25) is 9.59 Å². The van der Waals surface area contributed by atoms with Gasteiger partial charge in [0.25, 0.3) is 0 Å². The summed E-state index contributed by atoms with van der Waals surface area (Å²) < 4.78 is 5.44. The van der Waals surface area contributed by atoms with E-state index in [4.69, 9.17) is 10.5 Å². The van der Waals surface area contributed by atoms with Gasteiger partial charge in [-0.05, 0) is 18.7 Å². The first-order chi connectivity index (χ1) is 9.63. The first-order valence-electron chi connectivity index (χ1n) is 6.64. The third-order valence-corrected chi connectivity index (χ3v) is 2.55. The van der Waals surface area contributed by atoms with Crippen molar-refractivity contribution in [1.82, 2.24) is 5.32 Å². The average Bonchev–Trinajstić information content (AvgIpc) is 2.40. The number of benzene rings is 1. The van der Waals surface area contributed by atoms with Gasteiger partial charge in [-0.2, -0.15) is 0 Å². The first-order valence-corrected chi connectivity index (χ1v) is 6.64. The lowest BCUT2D eigenvalue weighted by Crippen LogP contribution is -2.21. The summed E-state index contributed by atoms with van der Waals surface area (Å²) in [5.74, 6) is 0.0274. The minimum absolute atomic E-state index is 0.0862. The number of ether oxygens (including phenoxy) is 1. The summed E-state index contributed by atoms with van der Waals surface area (Å²) in [6, 6.07) is 7.10. The van der Waals surface area contributed by atoms with Crippen molar-refractivity contribution < 1.29 is 14.3 Å². The smallest absolute Gasteiger partial charge is 0.225 e. The Bertz CT molecular complexity index is 449. The number of hydrogen-bond donors (Lipinski definition) is 3. The SMILES string of the molecule is CCNCCC(=O)Nc1ccccc1OCCC(N)=O. The molecule has 2 amide bonds. The molecule has 0 saturated heterocycles. The van der Waals surface area contributed by atoms with E-state index >= 15 is 0 Å². The number of carbonyl (C=O) groups is 2. The summed E-state index contributed by atoms with van der Waals surface area (Å²) in [5.41, 5.74) is 5.64. The van der Waals surface area contributed by atoms with Crippen molar-refractivity contribution in [3.05, 3.63) is 24.3 Å². The molecule has 1 rings (SSSR count). The molecule has 0 heterocycles. The third-order valence-electron chi connectivity index (χ3n) is 2.55. The lowest BCUT2D eigenvalue weighted by atomic mass is 10.2. The summed E-state index contributed by atoms with van der Waals surface area (Å²) in [6.45, 7) is 3.65. The van der Waals surface area contributed by atoms with Crippen LogP contribution in [0.2, 0.25) is 0 Å². The van der Waals surface area contributed by atoms with Gasteiger partial charge in [0.15, 0.2) is 0 Å². The summed E-state index contributed by atoms with van der Waals surface area (Å²) in [4.78, 5) is 22.4. The molecule has 0 unspecified atom stereocenters. The molecule has 1 aromatic carbocycles. The van der Waals surface area contributed by atoms with Crippen molar-refractivity contribution >= 4 is 17.5 Å². The Labute approximate surface area is 118 Å². The molecule has 6 nitrogen and oxygen atoms in total. The lowest BCUT2D eigenvalue weighted by Gasteiger charge is -2.12. The topological polar surface area (TPSA) is 93.4 Å². The molecule has 1 aromatic rings. The Morgan fingerprint density at radius 3 is 2.70 bits per heavy atom. The van der Waals surface area contributed by atoms with Crippen molar-refractivity contribution in [3.63, 3.8) is 0 Å². The molecule has 6 heteroatoms. The number of nitrogens with one attached hydrogen (secondary N) is 2. The number of nitrogens with two attached hydrogens (primary N) is 1. The average molecular weight is 279 g/mol. The summed E-state index contributed by atoms with van der Waals surface area (Å²) in [7, 11) is 0. The maximum Gasteiger partial charge on any atom is 0.225 e. The Hall–Kier alpha value is -2.08. The molecule has 0 atom stereocenters. The fourth-order valence-electron chi connectivity index (χ4n) is 1.55. The number of para-hydroxylation sites is 2. The maximum atomic E-state index is 11.7. The quantitative estimate of drug-likeness (QED) is 0.585. The van der Waals surface area contributed by atoms with Crippen molar-refractivity contribution in [2.45, 2.75) is 19.8 Å². The fourth-order valence-corrected chi connectivity index (χ4v) is 1.55. The fraction of sp³-hybridized carbons (Fsp3) is 0.429. The minimum atomic E-state index is -0.419. The Morgan fingerprint density at radius 2 is 2.00 bits per heavy atom. The molecular formula is C14H21N3O3. The highest BCUT2D eigenvalue weighted by molar-refractivity contribution is 5.92. The zero-order valence-corrected chi connectivity index (χ0v) is 11.6. The van der Waals surface area contributed by atoms with Crippen LogP contribution in [0.1, 0.15) is 19.8 Å². The highest BCUT2D eigenvalue weighted by Gasteiger charge is 2.07. The van der Waals surface area contributed by atoms with Crippen LogP contribution in [0.15, 0.2) is 24.3 Å². The standard InChI is InChI=1S/C14H21N3O3/c1-2-16-9-7-14(19)17-11-5-3-4-6-12(11)20-10-8-13(15)18/h3-6,16H,2,7-10H2,1H3,(H2,15,18)(H,17,19). The van der Waals surface area contributed by atoms with Gasteiger partial charge in [0, 0.05) is 13.0 Å². The number of carbonyl (C=O) groups excluding carboxylic acids is 2.